The number of aliphatic imine (C=N–C) groups is 1. The Hall–Kier alpha value is -1.68. The third-order valence-corrected chi connectivity index (χ3v) is 5.34. The average molecular weight is 484 g/mol. The first kappa shape index (κ1) is 21.6. The van der Waals surface area contributed by atoms with Gasteiger partial charge in [0, 0.05) is 50.7 Å². The van der Waals surface area contributed by atoms with Crippen LogP contribution in [-0.4, -0.2) is 46.8 Å². The molecular weight excluding hydrogens is 455 g/mol. The average Bonchev–Trinajstić information content (AvgIpc) is 3.07. The van der Waals surface area contributed by atoms with Crippen molar-refractivity contribution in [1.29, 1.82) is 0 Å². The number of hydrogen-bond acceptors (Lipinski definition) is 4. The van der Waals surface area contributed by atoms with E-state index in [0.717, 1.165) is 29.6 Å². The number of nitrogens with one attached hydrogen (secondary N) is 2. The largest absolute Gasteiger partial charge is 0.381 e. The Bertz CT molecular complexity index is 771. The lowest BCUT2D eigenvalue weighted by Crippen LogP contribution is -2.63. The molecule has 1 fully saturated rings. The molecule has 0 amide bonds. The van der Waals surface area contributed by atoms with Crippen molar-refractivity contribution in [2.24, 2.45) is 10.4 Å². The van der Waals surface area contributed by atoms with Gasteiger partial charge in [0.25, 0.3) is 0 Å². The van der Waals surface area contributed by atoms with E-state index in [1.807, 2.05) is 30.0 Å². The van der Waals surface area contributed by atoms with Crippen LogP contribution in [0.4, 0.5) is 0 Å². The molecule has 7 nitrogen and oxygen atoms in total. The molecule has 0 aromatic carbocycles. The van der Waals surface area contributed by atoms with Crippen LogP contribution in [0.5, 0.6) is 0 Å². The second-order valence-electron chi connectivity index (χ2n) is 7.27. The Morgan fingerprint density at radius 1 is 1.37 bits per heavy atom. The Morgan fingerprint density at radius 2 is 2.15 bits per heavy atom. The van der Waals surface area contributed by atoms with Gasteiger partial charge < -0.3 is 15.4 Å². The first-order valence-corrected chi connectivity index (χ1v) is 8.91. The lowest BCUT2D eigenvalue weighted by molar-refractivity contribution is -0.0922. The maximum absolute atomic E-state index is 5.51. The van der Waals surface area contributed by atoms with Gasteiger partial charge in [-0.2, -0.15) is 0 Å². The van der Waals surface area contributed by atoms with Crippen LogP contribution >= 0.6 is 24.0 Å². The van der Waals surface area contributed by atoms with Crippen molar-refractivity contribution in [2.75, 3.05) is 14.2 Å². The monoisotopic (exact) mass is 484 g/mol. The number of halogens is 1. The number of pyridine rings is 1. The number of methoxy groups -OCH3 is 1. The van der Waals surface area contributed by atoms with E-state index in [4.69, 9.17) is 4.74 Å². The summed E-state index contributed by atoms with van der Waals surface area (Å²) in [7, 11) is 3.57. The Labute approximate surface area is 178 Å². The van der Waals surface area contributed by atoms with Gasteiger partial charge in [0.2, 0.25) is 0 Å². The van der Waals surface area contributed by atoms with Gasteiger partial charge in [-0.25, -0.2) is 9.97 Å². The van der Waals surface area contributed by atoms with Crippen LogP contribution in [0.15, 0.2) is 35.7 Å². The van der Waals surface area contributed by atoms with Crippen molar-refractivity contribution in [2.45, 2.75) is 45.9 Å². The fourth-order valence-electron chi connectivity index (χ4n) is 3.36. The van der Waals surface area contributed by atoms with Gasteiger partial charge in [-0.15, -0.1) is 24.0 Å². The second-order valence-corrected chi connectivity index (χ2v) is 7.27. The fourth-order valence-corrected chi connectivity index (χ4v) is 3.36. The molecule has 2 atom stereocenters. The molecule has 2 heterocycles. The van der Waals surface area contributed by atoms with E-state index in [9.17, 15) is 0 Å². The summed E-state index contributed by atoms with van der Waals surface area (Å²) in [5.74, 6) is 2.59. The summed E-state index contributed by atoms with van der Waals surface area (Å²) in [6.45, 7) is 7.06. The number of nitrogens with zero attached hydrogens (tertiary/aromatic N) is 4. The van der Waals surface area contributed by atoms with Gasteiger partial charge in [0.1, 0.15) is 11.6 Å². The molecule has 0 saturated heterocycles. The molecule has 0 spiro atoms. The van der Waals surface area contributed by atoms with E-state index in [2.05, 4.69) is 45.5 Å². The van der Waals surface area contributed by atoms with Crippen molar-refractivity contribution in [3.05, 3.63) is 42.1 Å². The molecule has 1 aliphatic rings. The highest BCUT2D eigenvalue weighted by Gasteiger charge is 2.48. The number of hydrogen-bond donors (Lipinski definition) is 2. The van der Waals surface area contributed by atoms with Crippen LogP contribution in [0.1, 0.15) is 31.7 Å². The minimum Gasteiger partial charge on any atom is -0.381 e. The molecule has 2 aromatic heterocycles. The first-order chi connectivity index (χ1) is 12.5. The normalized spacial score (nSPS) is 21.1. The van der Waals surface area contributed by atoms with Crippen LogP contribution in [-0.2, 0) is 11.3 Å². The number of aromatic nitrogens is 3. The van der Waals surface area contributed by atoms with Crippen molar-refractivity contribution >= 4 is 29.9 Å². The highest BCUT2D eigenvalue weighted by Crippen LogP contribution is 2.42. The summed E-state index contributed by atoms with van der Waals surface area (Å²) in [6, 6.07) is 4.42. The van der Waals surface area contributed by atoms with Crippen molar-refractivity contribution < 1.29 is 4.74 Å². The summed E-state index contributed by atoms with van der Waals surface area (Å²) >= 11 is 0. The number of ether oxygens (including phenoxy) is 1. The molecule has 1 saturated carbocycles. The smallest absolute Gasteiger partial charge is 0.191 e. The van der Waals surface area contributed by atoms with Crippen LogP contribution < -0.4 is 10.6 Å². The van der Waals surface area contributed by atoms with E-state index in [1.54, 1.807) is 20.4 Å². The molecule has 2 unspecified atom stereocenters. The summed E-state index contributed by atoms with van der Waals surface area (Å²) in [5.41, 5.74) is 1.19. The second kappa shape index (κ2) is 9.01. The van der Waals surface area contributed by atoms with Crippen LogP contribution in [0.3, 0.4) is 0 Å². The highest BCUT2D eigenvalue weighted by atomic mass is 127. The zero-order valence-corrected chi connectivity index (χ0v) is 18.9. The third-order valence-electron chi connectivity index (χ3n) is 5.34. The predicted molar refractivity (Wildman–Crippen MR) is 118 cm³/mol. The van der Waals surface area contributed by atoms with E-state index in [1.165, 1.54) is 0 Å². The van der Waals surface area contributed by atoms with Gasteiger partial charge in [-0.1, -0.05) is 19.9 Å². The number of imidazole rings is 1. The van der Waals surface area contributed by atoms with Crippen molar-refractivity contribution in [1.82, 2.24) is 25.2 Å². The fraction of sp³-hybridized carbons (Fsp3) is 0.526. The standard InChI is InChI=1S/C19H28N6O.HI/c1-13-21-8-9-25(13)17-7-6-14(11-22-17)12-23-18(20-4)24-15-10-16(26-5)19(15,2)3;/h6-9,11,15-16H,10,12H2,1-5H3,(H2,20,23,24);1H. The summed E-state index contributed by atoms with van der Waals surface area (Å²) in [4.78, 5) is 13.1. The Morgan fingerprint density at radius 3 is 2.67 bits per heavy atom. The summed E-state index contributed by atoms with van der Waals surface area (Å²) < 4.78 is 7.47. The van der Waals surface area contributed by atoms with Gasteiger partial charge in [-0.05, 0) is 25.0 Å². The molecular formula is C19H29IN6O. The highest BCUT2D eigenvalue weighted by molar-refractivity contribution is 14.0. The minimum atomic E-state index is 0. The van der Waals surface area contributed by atoms with Crippen molar-refractivity contribution in [3.8, 4) is 5.82 Å². The third kappa shape index (κ3) is 4.60. The van der Waals surface area contributed by atoms with Crippen LogP contribution in [0, 0.1) is 12.3 Å². The molecule has 148 valence electrons. The zero-order chi connectivity index (χ0) is 18.7. The van der Waals surface area contributed by atoms with E-state index >= 15 is 0 Å². The van der Waals surface area contributed by atoms with Crippen LogP contribution in [0.25, 0.3) is 5.82 Å². The minimum absolute atomic E-state index is 0. The molecule has 27 heavy (non-hydrogen) atoms. The molecule has 8 heteroatoms. The molecule has 0 aliphatic heterocycles. The van der Waals surface area contributed by atoms with E-state index in [0.29, 0.717) is 18.7 Å². The first-order valence-electron chi connectivity index (χ1n) is 8.91. The number of rotatable bonds is 5. The SMILES string of the molecule is CN=C(NCc1ccc(-n2ccnc2C)nc1)NC1CC(OC)C1(C)C.I. The zero-order valence-electron chi connectivity index (χ0n) is 16.6. The molecule has 3 rings (SSSR count). The van der Waals surface area contributed by atoms with Gasteiger partial charge in [0.05, 0.1) is 6.10 Å². The Kier molecular flexibility index (Phi) is 7.21. The molecule has 2 aromatic rings. The molecule has 0 radical (unpaired) electrons. The summed E-state index contributed by atoms with van der Waals surface area (Å²) in [5, 5.41) is 6.86. The topological polar surface area (TPSA) is 76.4 Å². The molecule has 2 N–H and O–H groups in total. The number of aryl methyl sites for hydroxylation is 1. The van der Waals surface area contributed by atoms with Crippen molar-refractivity contribution in [3.63, 3.8) is 0 Å². The number of guanidine groups is 1. The van der Waals surface area contributed by atoms with Crippen LogP contribution in [0.2, 0.25) is 0 Å². The van der Waals surface area contributed by atoms with Gasteiger partial charge >= 0.3 is 0 Å². The molecule has 1 aliphatic carbocycles. The maximum atomic E-state index is 5.51. The van der Waals surface area contributed by atoms with Gasteiger partial charge in [-0.3, -0.25) is 9.56 Å². The quantitative estimate of drug-likeness (QED) is 0.388. The lowest BCUT2D eigenvalue weighted by Gasteiger charge is -2.51. The predicted octanol–water partition coefficient (Wildman–Crippen LogP) is 2.67. The lowest BCUT2D eigenvalue weighted by atomic mass is 9.64. The van der Waals surface area contributed by atoms with E-state index < -0.39 is 0 Å². The summed E-state index contributed by atoms with van der Waals surface area (Å²) in [6.07, 6.45) is 6.85. The molecule has 0 bridgehead atoms. The maximum Gasteiger partial charge on any atom is 0.191 e. The Balaban J connectivity index is 0.00000261. The van der Waals surface area contributed by atoms with Gasteiger partial charge in [0.15, 0.2) is 5.96 Å². The van der Waals surface area contributed by atoms with E-state index in [-0.39, 0.29) is 29.4 Å².